The molecule has 0 saturated carbocycles. The van der Waals surface area contributed by atoms with Gasteiger partial charge in [0.1, 0.15) is 10.3 Å². The van der Waals surface area contributed by atoms with E-state index in [1.165, 1.54) is 17.5 Å². The molecule has 0 bridgehead atoms. The van der Waals surface area contributed by atoms with E-state index in [2.05, 4.69) is 9.97 Å². The van der Waals surface area contributed by atoms with Crippen molar-refractivity contribution in [1.29, 1.82) is 0 Å². The third-order valence-electron chi connectivity index (χ3n) is 1.78. The summed E-state index contributed by atoms with van der Waals surface area (Å²) in [4.78, 5) is 20.2. The highest BCUT2D eigenvalue weighted by molar-refractivity contribution is 7.21. The second-order valence-electron chi connectivity index (χ2n) is 2.82. The van der Waals surface area contributed by atoms with Crippen LogP contribution in [0.3, 0.4) is 0 Å². The first kappa shape index (κ1) is 9.85. The minimum Gasteiger partial charge on any atom is -0.462 e. The van der Waals surface area contributed by atoms with Crippen molar-refractivity contribution in [1.82, 2.24) is 9.97 Å². The Morgan fingerprint density at radius 2 is 2.47 bits per heavy atom. The van der Waals surface area contributed by atoms with E-state index < -0.39 is 5.97 Å². The fourth-order valence-corrected chi connectivity index (χ4v) is 1.82. The van der Waals surface area contributed by atoms with Crippen molar-refractivity contribution in [3.8, 4) is 0 Å². The van der Waals surface area contributed by atoms with Crippen LogP contribution in [0.15, 0.2) is 12.3 Å². The van der Waals surface area contributed by atoms with Gasteiger partial charge in [0.2, 0.25) is 0 Å². The predicted octanol–water partition coefficient (Wildman–Crippen LogP) is 1.45. The van der Waals surface area contributed by atoms with E-state index in [0.717, 1.165) is 4.83 Å². The molecule has 0 spiro atoms. The fourth-order valence-electron chi connectivity index (χ4n) is 1.17. The number of nitrogens with zero attached hydrogens (tertiary/aromatic N) is 2. The van der Waals surface area contributed by atoms with E-state index in [1.54, 1.807) is 13.0 Å². The number of hydrogen-bond acceptors (Lipinski definition) is 6. The largest absolute Gasteiger partial charge is 0.462 e. The van der Waals surface area contributed by atoms with Crippen molar-refractivity contribution >= 4 is 32.8 Å². The molecule has 0 aliphatic rings. The lowest BCUT2D eigenvalue weighted by Gasteiger charge is -1.99. The molecule has 0 aromatic carbocycles. The number of thiazole rings is 1. The van der Waals surface area contributed by atoms with Gasteiger partial charge in [-0.25, -0.2) is 14.8 Å². The topological polar surface area (TPSA) is 78.1 Å². The van der Waals surface area contributed by atoms with Crippen LogP contribution in [-0.2, 0) is 4.74 Å². The number of hydrogen-bond donors (Lipinski definition) is 1. The molecule has 2 heterocycles. The number of nitrogens with two attached hydrogens (primary N) is 1. The molecule has 0 unspecified atom stereocenters. The maximum Gasteiger partial charge on any atom is 0.339 e. The summed E-state index contributed by atoms with van der Waals surface area (Å²) in [5.74, 6) is -0.390. The molecule has 0 saturated heterocycles. The van der Waals surface area contributed by atoms with E-state index >= 15 is 0 Å². The van der Waals surface area contributed by atoms with Gasteiger partial charge >= 0.3 is 5.97 Å². The highest BCUT2D eigenvalue weighted by Gasteiger charge is 2.10. The van der Waals surface area contributed by atoms with E-state index in [-0.39, 0.29) is 0 Å². The van der Waals surface area contributed by atoms with Gasteiger partial charge in [-0.3, -0.25) is 0 Å². The highest BCUT2D eigenvalue weighted by atomic mass is 32.1. The van der Waals surface area contributed by atoms with Crippen LogP contribution in [0.25, 0.3) is 10.3 Å². The highest BCUT2D eigenvalue weighted by Crippen LogP contribution is 2.22. The summed E-state index contributed by atoms with van der Waals surface area (Å²) in [6.07, 6.45) is 1.47. The molecule has 0 amide bonds. The summed E-state index contributed by atoms with van der Waals surface area (Å²) in [6, 6.07) is 1.63. The summed E-state index contributed by atoms with van der Waals surface area (Å²) in [7, 11) is 0. The van der Waals surface area contributed by atoms with Crippen LogP contribution in [0.4, 0.5) is 5.13 Å². The Hall–Kier alpha value is -1.69. The van der Waals surface area contributed by atoms with Crippen LogP contribution in [-0.4, -0.2) is 22.5 Å². The van der Waals surface area contributed by atoms with Crippen LogP contribution in [0.5, 0.6) is 0 Å². The third-order valence-corrected chi connectivity index (χ3v) is 2.58. The molecule has 0 fully saturated rings. The Morgan fingerprint density at radius 3 is 3.20 bits per heavy atom. The number of esters is 1. The number of nitrogen functional groups attached to an aromatic ring is 1. The van der Waals surface area contributed by atoms with E-state index in [4.69, 9.17) is 10.5 Å². The third kappa shape index (κ3) is 1.89. The van der Waals surface area contributed by atoms with Crippen molar-refractivity contribution in [3.05, 3.63) is 17.8 Å². The molecule has 2 aromatic heterocycles. The number of pyridine rings is 1. The van der Waals surface area contributed by atoms with Crippen LogP contribution in [0.1, 0.15) is 17.3 Å². The van der Waals surface area contributed by atoms with Crippen molar-refractivity contribution < 1.29 is 9.53 Å². The molecule has 5 nitrogen and oxygen atoms in total. The number of carbonyl (C=O) groups is 1. The Balaban J connectivity index is 2.41. The molecular weight excluding hydrogens is 214 g/mol. The van der Waals surface area contributed by atoms with Gasteiger partial charge in [-0.1, -0.05) is 11.3 Å². The van der Waals surface area contributed by atoms with Gasteiger partial charge in [0.25, 0.3) is 0 Å². The summed E-state index contributed by atoms with van der Waals surface area (Å²) in [5.41, 5.74) is 6.55. The lowest BCUT2D eigenvalue weighted by atomic mass is 10.3. The maximum atomic E-state index is 11.4. The zero-order chi connectivity index (χ0) is 10.8. The second-order valence-corrected chi connectivity index (χ2v) is 3.83. The first-order valence-electron chi connectivity index (χ1n) is 4.40. The Labute approximate surface area is 89.9 Å². The zero-order valence-electron chi connectivity index (χ0n) is 8.06. The van der Waals surface area contributed by atoms with E-state index in [1.807, 2.05) is 0 Å². The summed E-state index contributed by atoms with van der Waals surface area (Å²) in [6.45, 7) is 2.10. The average molecular weight is 223 g/mol. The molecule has 15 heavy (non-hydrogen) atoms. The normalized spacial score (nSPS) is 10.5. The minimum atomic E-state index is -0.390. The first-order valence-corrected chi connectivity index (χ1v) is 5.21. The first-order chi connectivity index (χ1) is 7.20. The van der Waals surface area contributed by atoms with E-state index in [0.29, 0.717) is 22.8 Å². The smallest absolute Gasteiger partial charge is 0.339 e. The molecule has 0 aliphatic heterocycles. The summed E-state index contributed by atoms with van der Waals surface area (Å²) < 4.78 is 4.85. The van der Waals surface area contributed by atoms with Crippen LogP contribution >= 0.6 is 11.3 Å². The SMILES string of the molecule is CCOC(=O)c1cnc2sc(N)nc2c1. The average Bonchev–Trinajstić information content (AvgIpc) is 2.57. The minimum absolute atomic E-state index is 0.343. The monoisotopic (exact) mass is 223 g/mol. The maximum absolute atomic E-state index is 11.4. The Kier molecular flexibility index (Phi) is 2.51. The van der Waals surface area contributed by atoms with Gasteiger partial charge in [0.05, 0.1) is 12.2 Å². The van der Waals surface area contributed by atoms with Crippen LogP contribution in [0, 0.1) is 0 Å². The molecule has 2 N–H and O–H groups in total. The number of carbonyl (C=O) groups excluding carboxylic acids is 1. The lowest BCUT2D eigenvalue weighted by molar-refractivity contribution is 0.0526. The van der Waals surface area contributed by atoms with Crippen LogP contribution in [0.2, 0.25) is 0 Å². The lowest BCUT2D eigenvalue weighted by Crippen LogP contribution is -2.04. The Morgan fingerprint density at radius 1 is 1.67 bits per heavy atom. The van der Waals surface area contributed by atoms with Gasteiger partial charge < -0.3 is 10.5 Å². The van der Waals surface area contributed by atoms with Gasteiger partial charge in [-0.05, 0) is 13.0 Å². The molecule has 6 heteroatoms. The van der Waals surface area contributed by atoms with Crippen LogP contribution < -0.4 is 5.73 Å². The molecule has 0 radical (unpaired) electrons. The summed E-state index contributed by atoms with van der Waals surface area (Å²) in [5, 5.41) is 0.443. The fraction of sp³-hybridized carbons (Fsp3) is 0.222. The van der Waals surface area contributed by atoms with Crippen molar-refractivity contribution in [3.63, 3.8) is 0 Å². The van der Waals surface area contributed by atoms with Gasteiger partial charge in [-0.2, -0.15) is 0 Å². The van der Waals surface area contributed by atoms with Gasteiger partial charge in [-0.15, -0.1) is 0 Å². The van der Waals surface area contributed by atoms with Gasteiger partial charge in [0.15, 0.2) is 5.13 Å². The van der Waals surface area contributed by atoms with E-state index in [9.17, 15) is 4.79 Å². The predicted molar refractivity (Wildman–Crippen MR) is 57.8 cm³/mol. The summed E-state index contributed by atoms with van der Waals surface area (Å²) >= 11 is 1.29. The zero-order valence-corrected chi connectivity index (χ0v) is 8.87. The Bertz CT molecular complexity index is 509. The molecule has 2 rings (SSSR count). The van der Waals surface area contributed by atoms with Gasteiger partial charge in [0, 0.05) is 6.20 Å². The number of anilines is 1. The van der Waals surface area contributed by atoms with Crippen molar-refractivity contribution in [2.75, 3.05) is 12.3 Å². The van der Waals surface area contributed by atoms with Crippen molar-refractivity contribution in [2.45, 2.75) is 6.92 Å². The molecule has 0 aliphatic carbocycles. The standard InChI is InChI=1S/C9H9N3O2S/c1-2-14-8(13)5-3-6-7(11-4-5)15-9(10)12-6/h3-4H,2H2,1H3,(H2,10,12). The molecular formula is C9H9N3O2S. The number of aromatic nitrogens is 2. The van der Waals surface area contributed by atoms with Crippen molar-refractivity contribution in [2.24, 2.45) is 0 Å². The molecule has 78 valence electrons. The number of ether oxygens (including phenoxy) is 1. The molecule has 2 aromatic rings. The molecule has 0 atom stereocenters. The second kappa shape index (κ2) is 3.82. The quantitative estimate of drug-likeness (QED) is 0.779. The number of fused-ring (bicyclic) bond motifs is 1. The number of rotatable bonds is 2.